The van der Waals surface area contributed by atoms with Crippen LogP contribution in [-0.4, -0.2) is 17.5 Å². The van der Waals surface area contributed by atoms with Gasteiger partial charge in [0.25, 0.3) is 0 Å². The van der Waals surface area contributed by atoms with Gasteiger partial charge in [-0.05, 0) is 56.8 Å². The molecule has 0 aromatic rings. The maximum atomic E-state index is 10.9. The summed E-state index contributed by atoms with van der Waals surface area (Å²) in [6, 6.07) is 0. The van der Waals surface area contributed by atoms with Gasteiger partial charge < -0.3 is 9.90 Å². The molecule has 2 rings (SSSR count). The molecule has 0 bridgehead atoms. The minimum atomic E-state index is -0.0949. The Morgan fingerprint density at radius 2 is 1.48 bits per heavy atom. The van der Waals surface area contributed by atoms with Crippen LogP contribution in [0.3, 0.4) is 0 Å². The normalized spacial score (nSPS) is 22.8. The van der Waals surface area contributed by atoms with E-state index in [1.807, 2.05) is 0 Å². The molecule has 1 N–H and O–H groups in total. The summed E-state index contributed by atoms with van der Waals surface area (Å²) in [6.45, 7) is 2.40. The second-order valence-corrected chi connectivity index (χ2v) is 8.14. The quantitative estimate of drug-likeness (QED) is 0.382. The molecule has 0 aromatic heterocycles. The third kappa shape index (κ3) is 6.50. The van der Waals surface area contributed by atoms with Gasteiger partial charge in [-0.3, -0.25) is 0 Å². The van der Waals surface area contributed by atoms with E-state index in [-0.39, 0.29) is 11.5 Å². The van der Waals surface area contributed by atoms with Gasteiger partial charge in [-0.2, -0.15) is 0 Å². The van der Waals surface area contributed by atoms with Crippen molar-refractivity contribution in [2.24, 2.45) is 10.8 Å². The molecule has 0 aromatic carbocycles. The fraction of sp³-hybridized carbons (Fsp3) is 0.947. The Labute approximate surface area is 130 Å². The van der Waals surface area contributed by atoms with Gasteiger partial charge in [0.2, 0.25) is 0 Å². The Morgan fingerprint density at radius 3 is 1.95 bits per heavy atom. The van der Waals surface area contributed by atoms with Crippen LogP contribution in [0, 0.1) is 10.8 Å². The Bertz CT molecular complexity index is 316. The molecule has 0 spiro atoms. The molecule has 0 radical (unpaired) electrons. The SMILES string of the molecule is CC1(CCCCCC(O)CCCCCC2(C=O)CC2)CC1. The summed E-state index contributed by atoms with van der Waals surface area (Å²) in [7, 11) is 0. The van der Waals surface area contributed by atoms with E-state index in [0.29, 0.717) is 5.41 Å². The van der Waals surface area contributed by atoms with E-state index >= 15 is 0 Å². The van der Waals surface area contributed by atoms with Gasteiger partial charge >= 0.3 is 0 Å². The van der Waals surface area contributed by atoms with Crippen LogP contribution >= 0.6 is 0 Å². The molecular formula is C19H34O2. The number of carbonyl (C=O) groups is 1. The lowest BCUT2D eigenvalue weighted by Crippen LogP contribution is -2.06. The molecule has 0 amide bonds. The summed E-state index contributed by atoms with van der Waals surface area (Å²) in [5.41, 5.74) is 0.774. The number of rotatable bonds is 13. The molecule has 0 saturated heterocycles. The Kier molecular flexibility index (Phi) is 6.28. The van der Waals surface area contributed by atoms with Gasteiger partial charge in [0.05, 0.1) is 6.10 Å². The minimum absolute atomic E-state index is 0.0802. The van der Waals surface area contributed by atoms with Crippen molar-refractivity contribution in [2.45, 2.75) is 103 Å². The van der Waals surface area contributed by atoms with Crippen molar-refractivity contribution < 1.29 is 9.90 Å². The van der Waals surface area contributed by atoms with Gasteiger partial charge in [-0.25, -0.2) is 0 Å². The zero-order valence-corrected chi connectivity index (χ0v) is 13.9. The second kappa shape index (κ2) is 7.76. The van der Waals surface area contributed by atoms with E-state index in [4.69, 9.17) is 0 Å². The summed E-state index contributed by atoms with van der Waals surface area (Å²) >= 11 is 0. The number of aliphatic hydroxyl groups is 1. The summed E-state index contributed by atoms with van der Waals surface area (Å²) in [5.74, 6) is 0. The van der Waals surface area contributed by atoms with E-state index in [2.05, 4.69) is 6.92 Å². The van der Waals surface area contributed by atoms with Crippen molar-refractivity contribution in [3.63, 3.8) is 0 Å². The molecule has 2 nitrogen and oxygen atoms in total. The van der Waals surface area contributed by atoms with E-state index in [9.17, 15) is 9.90 Å². The summed E-state index contributed by atoms with van der Waals surface area (Å²) in [5, 5.41) is 9.98. The zero-order chi connectivity index (χ0) is 15.2. The Morgan fingerprint density at radius 1 is 0.905 bits per heavy atom. The highest BCUT2D eigenvalue weighted by atomic mass is 16.3. The average Bonchev–Trinajstić information content (AvgIpc) is 3.37. The van der Waals surface area contributed by atoms with Crippen molar-refractivity contribution in [1.82, 2.24) is 0 Å². The standard InChI is InChI=1S/C19H34O2/c1-18(12-13-18)10-6-2-4-8-17(21)9-5-3-7-11-19(16-20)14-15-19/h16-17,21H,2-15H2,1H3. The smallest absolute Gasteiger partial charge is 0.126 e. The maximum absolute atomic E-state index is 10.9. The Hall–Kier alpha value is -0.370. The fourth-order valence-corrected chi connectivity index (χ4v) is 3.34. The highest BCUT2D eigenvalue weighted by molar-refractivity contribution is 5.63. The molecular weight excluding hydrogens is 260 g/mol. The van der Waals surface area contributed by atoms with Crippen molar-refractivity contribution >= 4 is 6.29 Å². The monoisotopic (exact) mass is 294 g/mol. The van der Waals surface area contributed by atoms with Crippen LogP contribution in [0.25, 0.3) is 0 Å². The lowest BCUT2D eigenvalue weighted by Gasteiger charge is -2.12. The van der Waals surface area contributed by atoms with Crippen molar-refractivity contribution in [3.05, 3.63) is 0 Å². The van der Waals surface area contributed by atoms with Crippen LogP contribution in [-0.2, 0) is 4.79 Å². The van der Waals surface area contributed by atoms with Crippen LogP contribution in [0.2, 0.25) is 0 Å². The van der Waals surface area contributed by atoms with Gasteiger partial charge in [0.15, 0.2) is 0 Å². The first kappa shape index (κ1) is 17.0. The molecule has 2 saturated carbocycles. The van der Waals surface area contributed by atoms with E-state index < -0.39 is 0 Å². The number of hydrogen-bond acceptors (Lipinski definition) is 2. The fourth-order valence-electron chi connectivity index (χ4n) is 3.34. The molecule has 122 valence electrons. The van der Waals surface area contributed by atoms with Crippen molar-refractivity contribution in [2.75, 3.05) is 0 Å². The van der Waals surface area contributed by atoms with E-state index in [1.54, 1.807) is 0 Å². The van der Waals surface area contributed by atoms with Crippen LogP contribution < -0.4 is 0 Å². The lowest BCUT2D eigenvalue weighted by molar-refractivity contribution is -0.112. The first-order valence-corrected chi connectivity index (χ1v) is 9.22. The third-order valence-corrected chi connectivity index (χ3v) is 5.78. The predicted octanol–water partition coefficient (Wildman–Crippen LogP) is 5.03. The third-order valence-electron chi connectivity index (χ3n) is 5.78. The molecule has 2 aliphatic rings. The Balaban J connectivity index is 1.35. The van der Waals surface area contributed by atoms with Gasteiger partial charge in [-0.1, -0.05) is 45.4 Å². The van der Waals surface area contributed by atoms with Crippen LogP contribution in [0.4, 0.5) is 0 Å². The first-order chi connectivity index (χ1) is 10.1. The molecule has 0 heterocycles. The van der Waals surface area contributed by atoms with Crippen LogP contribution in [0.1, 0.15) is 96.8 Å². The number of unbranched alkanes of at least 4 members (excludes halogenated alkanes) is 4. The van der Waals surface area contributed by atoms with Gasteiger partial charge in [0.1, 0.15) is 6.29 Å². The van der Waals surface area contributed by atoms with Crippen LogP contribution in [0.15, 0.2) is 0 Å². The van der Waals surface area contributed by atoms with Crippen LogP contribution in [0.5, 0.6) is 0 Å². The topological polar surface area (TPSA) is 37.3 Å². The molecule has 1 atom stereocenters. The number of aldehydes is 1. The number of carbonyl (C=O) groups excluding carboxylic acids is 1. The highest BCUT2D eigenvalue weighted by Gasteiger charge is 2.41. The largest absolute Gasteiger partial charge is 0.393 e. The number of hydrogen-bond donors (Lipinski definition) is 1. The molecule has 1 unspecified atom stereocenters. The van der Waals surface area contributed by atoms with Gasteiger partial charge in [-0.15, -0.1) is 0 Å². The number of aliphatic hydroxyl groups excluding tert-OH is 1. The molecule has 0 aliphatic heterocycles. The molecule has 2 fully saturated rings. The zero-order valence-electron chi connectivity index (χ0n) is 13.9. The minimum Gasteiger partial charge on any atom is -0.393 e. The highest BCUT2D eigenvalue weighted by Crippen LogP contribution is 2.49. The van der Waals surface area contributed by atoms with Gasteiger partial charge in [0, 0.05) is 5.41 Å². The lowest BCUT2D eigenvalue weighted by atomic mass is 9.97. The molecule has 21 heavy (non-hydrogen) atoms. The van der Waals surface area contributed by atoms with E-state index in [0.717, 1.165) is 44.9 Å². The van der Waals surface area contributed by atoms with E-state index in [1.165, 1.54) is 51.2 Å². The second-order valence-electron chi connectivity index (χ2n) is 8.14. The van der Waals surface area contributed by atoms with Crippen molar-refractivity contribution in [3.8, 4) is 0 Å². The van der Waals surface area contributed by atoms with Crippen molar-refractivity contribution in [1.29, 1.82) is 0 Å². The summed E-state index contributed by atoms with van der Waals surface area (Å²) in [6.07, 6.45) is 17.8. The average molecular weight is 294 g/mol. The molecule has 2 heteroatoms. The maximum Gasteiger partial charge on any atom is 0.126 e. The summed E-state index contributed by atoms with van der Waals surface area (Å²) < 4.78 is 0. The predicted molar refractivity (Wildman–Crippen MR) is 87.2 cm³/mol. The first-order valence-electron chi connectivity index (χ1n) is 9.22. The summed E-state index contributed by atoms with van der Waals surface area (Å²) in [4.78, 5) is 10.9. The molecule has 2 aliphatic carbocycles.